The lowest BCUT2D eigenvalue weighted by Gasteiger charge is -2.14. The van der Waals surface area contributed by atoms with Crippen LogP contribution in [-0.2, 0) is 0 Å². The van der Waals surface area contributed by atoms with Crippen LogP contribution in [-0.4, -0.2) is 29.1 Å². The lowest BCUT2D eigenvalue weighted by molar-refractivity contribution is 1.00. The molecule has 10 rings (SSSR count). The second kappa shape index (κ2) is 11.4. The van der Waals surface area contributed by atoms with Gasteiger partial charge in [-0.2, -0.15) is 0 Å². The summed E-state index contributed by atoms with van der Waals surface area (Å²) in [4.78, 5) is 21.0. The molecule has 0 saturated heterocycles. The molecule has 0 aliphatic carbocycles. The van der Waals surface area contributed by atoms with Crippen LogP contribution in [0.25, 0.3) is 89.3 Å². The van der Waals surface area contributed by atoms with Crippen molar-refractivity contribution in [2.24, 2.45) is 0 Å². The van der Waals surface area contributed by atoms with Gasteiger partial charge >= 0.3 is 0 Å². The molecule has 50 heavy (non-hydrogen) atoms. The molecule has 0 radical (unpaired) electrons. The highest BCUT2D eigenvalue weighted by molar-refractivity contribution is 6.18. The molecule has 0 aliphatic rings. The van der Waals surface area contributed by atoms with E-state index in [1.165, 1.54) is 0 Å². The molecule has 0 spiro atoms. The van der Waals surface area contributed by atoms with Crippen LogP contribution < -0.4 is 0 Å². The van der Waals surface area contributed by atoms with E-state index in [1.807, 2.05) is 60.7 Å². The zero-order valence-corrected chi connectivity index (χ0v) is 26.8. The minimum atomic E-state index is 0.545. The summed E-state index contributed by atoms with van der Waals surface area (Å²) >= 11 is 0. The number of benzene rings is 6. The van der Waals surface area contributed by atoms with Gasteiger partial charge in [0, 0.05) is 44.6 Å². The van der Waals surface area contributed by atoms with Gasteiger partial charge in [0.1, 0.15) is 5.69 Å². The molecule has 0 atom stereocenters. The summed E-state index contributed by atoms with van der Waals surface area (Å²) in [6, 6.07) is 56.2. The lowest BCUT2D eigenvalue weighted by atomic mass is 10.1. The standard InChI is InChI=1S/C44H28N6/c1-4-14-29(15-5-1)37-28-38(30-16-6-2-7-17-30)46-43(45-37)40-35-21-10-12-22-36(35)47-44(48-40)50-39-23-13-11-20-33(39)34-25-24-31-26-27-49(41(31)42(34)50)32-18-8-3-9-19-32/h1-28H. The first-order valence-electron chi connectivity index (χ1n) is 16.7. The smallest absolute Gasteiger partial charge is 0.235 e. The van der Waals surface area contributed by atoms with Crippen molar-refractivity contribution >= 4 is 43.6 Å². The van der Waals surface area contributed by atoms with Gasteiger partial charge in [-0.1, -0.05) is 127 Å². The number of para-hydroxylation sites is 3. The Morgan fingerprint density at radius 3 is 1.78 bits per heavy atom. The Kier molecular flexibility index (Phi) is 6.39. The largest absolute Gasteiger partial charge is 0.315 e. The molecule has 6 nitrogen and oxygen atoms in total. The summed E-state index contributed by atoms with van der Waals surface area (Å²) in [6.07, 6.45) is 2.14. The van der Waals surface area contributed by atoms with Crippen LogP contribution in [0.1, 0.15) is 0 Å². The van der Waals surface area contributed by atoms with Gasteiger partial charge < -0.3 is 4.57 Å². The van der Waals surface area contributed by atoms with Crippen LogP contribution >= 0.6 is 0 Å². The van der Waals surface area contributed by atoms with Gasteiger partial charge in [-0.05, 0) is 36.4 Å². The Morgan fingerprint density at radius 2 is 1.06 bits per heavy atom. The highest BCUT2D eigenvalue weighted by Gasteiger charge is 2.22. The molecule has 0 fully saturated rings. The molecule has 0 aliphatic heterocycles. The van der Waals surface area contributed by atoms with Crippen LogP contribution in [0.4, 0.5) is 0 Å². The predicted octanol–water partition coefficient (Wildman–Crippen LogP) is 10.5. The number of nitrogens with zero attached hydrogens (tertiary/aromatic N) is 6. The minimum absolute atomic E-state index is 0.545. The van der Waals surface area contributed by atoms with Gasteiger partial charge in [0.2, 0.25) is 5.95 Å². The summed E-state index contributed by atoms with van der Waals surface area (Å²) in [5, 5.41) is 4.30. The van der Waals surface area contributed by atoms with Crippen LogP contribution in [0, 0.1) is 0 Å². The highest BCUT2D eigenvalue weighted by atomic mass is 15.2. The third-order valence-electron chi connectivity index (χ3n) is 9.39. The zero-order valence-electron chi connectivity index (χ0n) is 26.8. The van der Waals surface area contributed by atoms with Crippen molar-refractivity contribution in [3.63, 3.8) is 0 Å². The van der Waals surface area contributed by atoms with Crippen LogP contribution in [0.5, 0.6) is 0 Å². The van der Waals surface area contributed by atoms with Crippen LogP contribution in [0.2, 0.25) is 0 Å². The SMILES string of the molecule is c1ccc(-c2cc(-c3ccccc3)nc(-c3nc(-n4c5ccccc5c5ccc6ccn(-c7ccccc7)c6c54)nc4ccccc34)n2)cc1. The molecule has 4 heterocycles. The minimum Gasteiger partial charge on any atom is -0.315 e. The summed E-state index contributed by atoms with van der Waals surface area (Å²) in [7, 11) is 0. The second-order valence-electron chi connectivity index (χ2n) is 12.4. The first kappa shape index (κ1) is 28.1. The van der Waals surface area contributed by atoms with E-state index in [2.05, 4.69) is 118 Å². The molecule has 4 aromatic heterocycles. The predicted molar refractivity (Wildman–Crippen MR) is 203 cm³/mol. The van der Waals surface area contributed by atoms with Gasteiger partial charge in [0.15, 0.2) is 5.82 Å². The molecule has 234 valence electrons. The quantitative estimate of drug-likeness (QED) is 0.188. The summed E-state index contributed by atoms with van der Waals surface area (Å²) in [5.74, 6) is 1.11. The Labute approximate surface area is 287 Å². The number of aromatic nitrogens is 6. The van der Waals surface area contributed by atoms with E-state index in [-0.39, 0.29) is 0 Å². The van der Waals surface area contributed by atoms with E-state index in [0.717, 1.165) is 71.8 Å². The third kappa shape index (κ3) is 4.50. The van der Waals surface area contributed by atoms with Crippen LogP contribution in [0.15, 0.2) is 170 Å². The van der Waals surface area contributed by atoms with Gasteiger partial charge in [0.05, 0.1) is 33.5 Å². The fourth-order valence-corrected chi connectivity index (χ4v) is 7.09. The first-order valence-corrected chi connectivity index (χ1v) is 16.7. The van der Waals surface area contributed by atoms with E-state index in [0.29, 0.717) is 17.5 Å². The molecular weight excluding hydrogens is 613 g/mol. The highest BCUT2D eigenvalue weighted by Crippen LogP contribution is 2.38. The van der Waals surface area contributed by atoms with E-state index >= 15 is 0 Å². The van der Waals surface area contributed by atoms with Gasteiger partial charge in [-0.15, -0.1) is 0 Å². The maximum atomic E-state index is 5.39. The molecule has 0 N–H and O–H groups in total. The molecule has 0 saturated carbocycles. The third-order valence-corrected chi connectivity index (χ3v) is 9.39. The fraction of sp³-hybridized carbons (Fsp3) is 0. The van der Waals surface area contributed by atoms with Gasteiger partial charge in [0.25, 0.3) is 0 Å². The number of rotatable bonds is 5. The van der Waals surface area contributed by atoms with E-state index < -0.39 is 0 Å². The molecule has 10 aromatic rings. The summed E-state index contributed by atoms with van der Waals surface area (Å²) in [6.45, 7) is 0. The van der Waals surface area contributed by atoms with Crippen molar-refractivity contribution in [1.82, 2.24) is 29.1 Å². The maximum absolute atomic E-state index is 5.39. The monoisotopic (exact) mass is 640 g/mol. The molecule has 6 aromatic carbocycles. The molecular formula is C44H28N6. The zero-order chi connectivity index (χ0) is 33.0. The lowest BCUT2D eigenvalue weighted by Crippen LogP contribution is -2.06. The maximum Gasteiger partial charge on any atom is 0.235 e. The van der Waals surface area contributed by atoms with Crippen molar-refractivity contribution in [1.29, 1.82) is 0 Å². The average Bonchev–Trinajstić information content (AvgIpc) is 3.78. The Balaban J connectivity index is 1.30. The molecule has 0 unspecified atom stereocenters. The van der Waals surface area contributed by atoms with Crippen molar-refractivity contribution < 1.29 is 0 Å². The van der Waals surface area contributed by atoms with E-state index in [9.17, 15) is 0 Å². The topological polar surface area (TPSA) is 61.4 Å². The van der Waals surface area contributed by atoms with Crippen molar-refractivity contribution in [3.8, 4) is 45.7 Å². The van der Waals surface area contributed by atoms with Crippen molar-refractivity contribution in [2.45, 2.75) is 0 Å². The van der Waals surface area contributed by atoms with Crippen molar-refractivity contribution in [2.75, 3.05) is 0 Å². The number of hydrogen-bond donors (Lipinski definition) is 0. The number of hydrogen-bond acceptors (Lipinski definition) is 4. The second-order valence-corrected chi connectivity index (χ2v) is 12.4. The Bertz CT molecular complexity index is 2800. The summed E-state index contributed by atoms with van der Waals surface area (Å²) < 4.78 is 4.47. The normalized spacial score (nSPS) is 11.6. The van der Waals surface area contributed by atoms with Gasteiger partial charge in [-0.25, -0.2) is 19.9 Å². The number of fused-ring (bicyclic) bond motifs is 6. The van der Waals surface area contributed by atoms with Crippen molar-refractivity contribution in [3.05, 3.63) is 170 Å². The van der Waals surface area contributed by atoms with Crippen LogP contribution in [0.3, 0.4) is 0 Å². The van der Waals surface area contributed by atoms with E-state index in [4.69, 9.17) is 19.9 Å². The fourth-order valence-electron chi connectivity index (χ4n) is 7.09. The Hall–Kier alpha value is -6.92. The Morgan fingerprint density at radius 1 is 0.440 bits per heavy atom. The first-order chi connectivity index (χ1) is 24.8. The van der Waals surface area contributed by atoms with Gasteiger partial charge in [-0.3, -0.25) is 4.57 Å². The van der Waals surface area contributed by atoms with E-state index in [1.54, 1.807) is 0 Å². The molecule has 6 heteroatoms. The summed E-state index contributed by atoms with van der Waals surface area (Å²) in [5.41, 5.74) is 9.44. The molecule has 0 bridgehead atoms. The molecule has 0 amide bonds. The average molecular weight is 641 g/mol.